The lowest BCUT2D eigenvalue weighted by Gasteiger charge is -2.22. The number of aromatic nitrogens is 2. The summed E-state index contributed by atoms with van der Waals surface area (Å²) in [7, 11) is 0. The summed E-state index contributed by atoms with van der Waals surface area (Å²) in [5.74, 6) is 0.676. The van der Waals surface area contributed by atoms with Gasteiger partial charge in [0, 0.05) is 37.6 Å². The van der Waals surface area contributed by atoms with Crippen LogP contribution >= 0.6 is 0 Å². The van der Waals surface area contributed by atoms with Gasteiger partial charge in [-0.1, -0.05) is 6.07 Å². The van der Waals surface area contributed by atoms with Crippen LogP contribution < -0.4 is 0 Å². The van der Waals surface area contributed by atoms with Crippen molar-refractivity contribution in [2.24, 2.45) is 5.92 Å². The number of H-pyrrole nitrogens is 1. The summed E-state index contributed by atoms with van der Waals surface area (Å²) in [4.78, 5) is 21.8. The molecule has 0 spiro atoms. The molecule has 1 N–H and O–H groups in total. The van der Waals surface area contributed by atoms with Gasteiger partial charge in [-0.25, -0.2) is 4.98 Å². The third-order valence-corrected chi connectivity index (χ3v) is 4.61. The summed E-state index contributed by atoms with van der Waals surface area (Å²) in [6.07, 6.45) is 4.25. The number of nitrogens with zero attached hydrogens (tertiary/aromatic N) is 2. The van der Waals surface area contributed by atoms with Crippen LogP contribution in [0.5, 0.6) is 0 Å². The molecule has 0 radical (unpaired) electrons. The highest BCUT2D eigenvalue weighted by Crippen LogP contribution is 2.20. The van der Waals surface area contributed by atoms with Crippen molar-refractivity contribution >= 4 is 16.8 Å². The topological polar surface area (TPSA) is 71.4 Å². The van der Waals surface area contributed by atoms with E-state index in [1.807, 2.05) is 11.1 Å². The fourth-order valence-electron chi connectivity index (χ4n) is 3.38. The summed E-state index contributed by atoms with van der Waals surface area (Å²) in [6, 6.07) is 8.51. The number of hydrogen-bond donors (Lipinski definition) is 1. The molecule has 25 heavy (non-hydrogen) atoms. The minimum atomic E-state index is -0.0894. The molecule has 130 valence electrons. The number of rotatable bonds is 3. The van der Waals surface area contributed by atoms with Crippen LogP contribution in [0.4, 0.5) is 0 Å². The van der Waals surface area contributed by atoms with Gasteiger partial charge in [0.15, 0.2) is 11.6 Å². The van der Waals surface area contributed by atoms with Gasteiger partial charge in [0.1, 0.15) is 6.26 Å². The van der Waals surface area contributed by atoms with Gasteiger partial charge in [0.25, 0.3) is 5.91 Å². The van der Waals surface area contributed by atoms with E-state index in [9.17, 15) is 4.79 Å². The summed E-state index contributed by atoms with van der Waals surface area (Å²) in [5, 5.41) is 1.21. The van der Waals surface area contributed by atoms with E-state index in [2.05, 4.69) is 34.2 Å². The Balaban J connectivity index is 1.48. The molecule has 6 heteroatoms. The first-order valence-corrected chi connectivity index (χ1v) is 8.54. The van der Waals surface area contributed by atoms with Crippen molar-refractivity contribution in [2.75, 3.05) is 26.3 Å². The Morgan fingerprint density at radius 2 is 2.32 bits per heavy atom. The lowest BCUT2D eigenvalue weighted by molar-refractivity contribution is 0.0731. The second-order valence-corrected chi connectivity index (χ2v) is 6.55. The Morgan fingerprint density at radius 1 is 1.40 bits per heavy atom. The van der Waals surface area contributed by atoms with Crippen LogP contribution in [0, 0.1) is 12.8 Å². The summed E-state index contributed by atoms with van der Waals surface area (Å²) in [5.41, 5.74) is 2.76. The molecule has 1 unspecified atom stereocenters. The molecule has 1 saturated heterocycles. The average molecular weight is 339 g/mol. The number of fused-ring (bicyclic) bond motifs is 1. The number of ether oxygens (including phenoxy) is 1. The van der Waals surface area contributed by atoms with E-state index >= 15 is 0 Å². The number of hydrogen-bond acceptors (Lipinski definition) is 4. The van der Waals surface area contributed by atoms with Crippen LogP contribution in [-0.4, -0.2) is 47.1 Å². The first-order valence-electron chi connectivity index (χ1n) is 8.54. The molecule has 1 amide bonds. The number of aromatic amines is 1. The molecule has 2 aromatic heterocycles. The van der Waals surface area contributed by atoms with Crippen LogP contribution in [0.25, 0.3) is 10.9 Å². The predicted molar refractivity (Wildman–Crippen MR) is 93.5 cm³/mol. The molecule has 0 saturated carbocycles. The predicted octanol–water partition coefficient (Wildman–Crippen LogP) is 2.80. The van der Waals surface area contributed by atoms with E-state index in [-0.39, 0.29) is 11.8 Å². The third kappa shape index (κ3) is 3.44. The quantitative estimate of drug-likeness (QED) is 0.796. The van der Waals surface area contributed by atoms with Crippen molar-refractivity contribution in [3.05, 3.63) is 53.9 Å². The van der Waals surface area contributed by atoms with Crippen LogP contribution in [-0.2, 0) is 11.2 Å². The van der Waals surface area contributed by atoms with Crippen molar-refractivity contribution in [2.45, 2.75) is 13.3 Å². The first-order chi connectivity index (χ1) is 12.2. The van der Waals surface area contributed by atoms with Gasteiger partial charge < -0.3 is 19.0 Å². The molecule has 1 aliphatic heterocycles. The molecule has 1 aliphatic rings. The molecule has 1 atom stereocenters. The minimum absolute atomic E-state index is 0.0894. The average Bonchev–Trinajstić information content (AvgIpc) is 3.18. The van der Waals surface area contributed by atoms with Gasteiger partial charge in [-0.05, 0) is 35.6 Å². The first kappa shape index (κ1) is 15.9. The van der Waals surface area contributed by atoms with Crippen molar-refractivity contribution < 1.29 is 13.9 Å². The van der Waals surface area contributed by atoms with Crippen molar-refractivity contribution in [3.8, 4) is 0 Å². The number of nitrogens with one attached hydrogen (secondary N) is 1. The van der Waals surface area contributed by atoms with E-state index in [1.54, 1.807) is 6.92 Å². The number of oxazole rings is 1. The second-order valence-electron chi connectivity index (χ2n) is 6.55. The smallest absolute Gasteiger partial charge is 0.275 e. The molecule has 6 nitrogen and oxygen atoms in total. The van der Waals surface area contributed by atoms with E-state index in [4.69, 9.17) is 9.15 Å². The SMILES string of the molecule is Cc1nc(C(=O)N2CCOCC(Cc3ccc4[nH]ccc4c3)C2)co1. The molecule has 0 bridgehead atoms. The number of benzene rings is 1. The Kier molecular flexibility index (Phi) is 4.28. The summed E-state index contributed by atoms with van der Waals surface area (Å²) >= 11 is 0. The Labute approximate surface area is 145 Å². The fourth-order valence-corrected chi connectivity index (χ4v) is 3.38. The highest BCUT2D eigenvalue weighted by molar-refractivity contribution is 5.92. The van der Waals surface area contributed by atoms with Crippen LogP contribution in [0.15, 0.2) is 41.1 Å². The highest BCUT2D eigenvalue weighted by atomic mass is 16.5. The van der Waals surface area contributed by atoms with Gasteiger partial charge in [-0.2, -0.15) is 0 Å². The zero-order valence-corrected chi connectivity index (χ0v) is 14.2. The third-order valence-electron chi connectivity index (χ3n) is 4.61. The van der Waals surface area contributed by atoms with Gasteiger partial charge in [-0.15, -0.1) is 0 Å². The van der Waals surface area contributed by atoms with Crippen LogP contribution in [0.3, 0.4) is 0 Å². The molecule has 1 aromatic carbocycles. The Bertz CT molecular complexity index is 883. The van der Waals surface area contributed by atoms with Gasteiger partial charge in [0.05, 0.1) is 13.2 Å². The second kappa shape index (κ2) is 6.72. The monoisotopic (exact) mass is 339 g/mol. The zero-order chi connectivity index (χ0) is 17.2. The van der Waals surface area contributed by atoms with E-state index in [1.165, 1.54) is 17.2 Å². The highest BCUT2D eigenvalue weighted by Gasteiger charge is 2.25. The van der Waals surface area contributed by atoms with Gasteiger partial charge in [-0.3, -0.25) is 4.79 Å². The zero-order valence-electron chi connectivity index (χ0n) is 14.2. The van der Waals surface area contributed by atoms with E-state index < -0.39 is 0 Å². The Morgan fingerprint density at radius 3 is 3.16 bits per heavy atom. The number of amides is 1. The standard InChI is InChI=1S/C19H21N3O3/c1-13-21-18(12-25-13)19(23)22-6-7-24-11-15(10-22)8-14-2-3-17-16(9-14)4-5-20-17/h2-5,9,12,15,20H,6-8,10-11H2,1H3. The lowest BCUT2D eigenvalue weighted by atomic mass is 9.98. The van der Waals surface area contributed by atoms with Crippen LogP contribution in [0.2, 0.25) is 0 Å². The number of aryl methyl sites for hydroxylation is 1. The maximum Gasteiger partial charge on any atom is 0.275 e. The molecule has 0 aliphatic carbocycles. The number of carbonyl (C=O) groups excluding carboxylic acids is 1. The van der Waals surface area contributed by atoms with Crippen LogP contribution in [0.1, 0.15) is 21.9 Å². The molecule has 4 rings (SSSR count). The molecular formula is C19H21N3O3. The number of carbonyl (C=O) groups is 1. The molecular weight excluding hydrogens is 318 g/mol. The van der Waals surface area contributed by atoms with Crippen molar-refractivity contribution in [1.29, 1.82) is 0 Å². The maximum absolute atomic E-state index is 12.6. The van der Waals surface area contributed by atoms with Crippen molar-refractivity contribution in [3.63, 3.8) is 0 Å². The normalized spacial score (nSPS) is 18.4. The summed E-state index contributed by atoms with van der Waals surface area (Å²) in [6.45, 7) is 4.19. The lowest BCUT2D eigenvalue weighted by Crippen LogP contribution is -2.36. The molecule has 1 fully saturated rings. The van der Waals surface area contributed by atoms with E-state index in [0.29, 0.717) is 37.9 Å². The van der Waals surface area contributed by atoms with E-state index in [0.717, 1.165) is 11.9 Å². The fraction of sp³-hybridized carbons (Fsp3) is 0.368. The maximum atomic E-state index is 12.6. The Hall–Kier alpha value is -2.60. The molecule has 3 heterocycles. The van der Waals surface area contributed by atoms with Gasteiger partial charge in [0.2, 0.25) is 0 Å². The van der Waals surface area contributed by atoms with Crippen molar-refractivity contribution in [1.82, 2.24) is 14.9 Å². The van der Waals surface area contributed by atoms with Gasteiger partial charge >= 0.3 is 0 Å². The minimum Gasteiger partial charge on any atom is -0.448 e. The molecule has 3 aromatic rings. The largest absolute Gasteiger partial charge is 0.448 e. The summed E-state index contributed by atoms with van der Waals surface area (Å²) < 4.78 is 10.9.